The fourth-order valence-electron chi connectivity index (χ4n) is 2.84. The zero-order valence-corrected chi connectivity index (χ0v) is 13.3. The summed E-state index contributed by atoms with van der Waals surface area (Å²) in [4.78, 5) is 12.7. The average molecular weight is 303 g/mol. The molecule has 0 saturated carbocycles. The summed E-state index contributed by atoms with van der Waals surface area (Å²) in [7, 11) is 1.68. The van der Waals surface area contributed by atoms with Crippen LogP contribution in [0.25, 0.3) is 33.2 Å². The number of ether oxygens (including phenoxy) is 1. The second-order valence-electron chi connectivity index (χ2n) is 5.79. The zero-order valence-electron chi connectivity index (χ0n) is 13.3. The van der Waals surface area contributed by atoms with Crippen LogP contribution in [-0.2, 0) is 0 Å². The molecule has 4 heteroatoms. The summed E-state index contributed by atoms with van der Waals surface area (Å²) in [6, 6.07) is 10.2. The molecule has 2 aromatic carbocycles. The Kier molecular flexibility index (Phi) is 3.05. The number of hydrogen-bond acceptors (Lipinski definition) is 3. The van der Waals surface area contributed by atoms with Crippen LogP contribution in [0.15, 0.2) is 42.7 Å². The van der Waals surface area contributed by atoms with Crippen LogP contribution in [0.1, 0.15) is 11.1 Å². The molecule has 0 aliphatic rings. The van der Waals surface area contributed by atoms with Gasteiger partial charge in [0.05, 0.1) is 30.0 Å². The minimum absolute atomic E-state index is 0.832. The highest BCUT2D eigenvalue weighted by atomic mass is 16.5. The third-order valence-corrected chi connectivity index (χ3v) is 4.32. The number of hydrogen-bond donors (Lipinski definition) is 1. The lowest BCUT2D eigenvalue weighted by molar-refractivity contribution is 0.415. The Balaban J connectivity index is 1.93. The fraction of sp³-hybridized carbons (Fsp3) is 0.158. The summed E-state index contributed by atoms with van der Waals surface area (Å²) in [5, 5.41) is 1.09. The van der Waals surface area contributed by atoms with Crippen molar-refractivity contribution < 1.29 is 4.74 Å². The number of rotatable bonds is 2. The monoisotopic (exact) mass is 303 g/mol. The van der Waals surface area contributed by atoms with Gasteiger partial charge in [-0.2, -0.15) is 0 Å². The van der Waals surface area contributed by atoms with Gasteiger partial charge in [-0.15, -0.1) is 0 Å². The van der Waals surface area contributed by atoms with E-state index in [1.54, 1.807) is 7.11 Å². The predicted octanol–water partition coefficient (Wildman–Crippen LogP) is 4.40. The van der Waals surface area contributed by atoms with Crippen LogP contribution in [-0.4, -0.2) is 22.1 Å². The molecule has 1 N–H and O–H groups in total. The van der Waals surface area contributed by atoms with Gasteiger partial charge in [0.15, 0.2) is 0 Å². The van der Waals surface area contributed by atoms with E-state index in [9.17, 15) is 0 Å². The maximum atomic E-state index is 5.33. The first-order valence-electron chi connectivity index (χ1n) is 7.55. The van der Waals surface area contributed by atoms with Crippen LogP contribution in [0.2, 0.25) is 0 Å². The van der Waals surface area contributed by atoms with Crippen LogP contribution in [0.4, 0.5) is 0 Å². The summed E-state index contributed by atoms with van der Waals surface area (Å²) in [6.07, 6.45) is 3.81. The molecule has 0 unspecified atom stereocenters. The highest BCUT2D eigenvalue weighted by Crippen LogP contribution is 2.30. The molecule has 2 heterocycles. The lowest BCUT2D eigenvalue weighted by atomic mass is 10.1. The first-order valence-corrected chi connectivity index (χ1v) is 7.55. The smallest absolute Gasteiger partial charge is 0.119 e. The van der Waals surface area contributed by atoms with Crippen LogP contribution in [0.3, 0.4) is 0 Å². The SMILES string of the molecule is COc1ccc2[nH]cc(-c3cnc4cc(C)c(C)cc4n3)c2c1. The Bertz CT molecular complexity index is 1030. The maximum Gasteiger partial charge on any atom is 0.119 e. The van der Waals surface area contributed by atoms with E-state index in [4.69, 9.17) is 9.72 Å². The number of benzene rings is 2. The number of fused-ring (bicyclic) bond motifs is 2. The van der Waals surface area contributed by atoms with Gasteiger partial charge in [0, 0.05) is 22.7 Å². The molecule has 4 rings (SSSR count). The van der Waals surface area contributed by atoms with E-state index >= 15 is 0 Å². The molecule has 0 aliphatic carbocycles. The van der Waals surface area contributed by atoms with Crippen molar-refractivity contribution in [2.24, 2.45) is 0 Å². The molecule has 0 radical (unpaired) electrons. The lowest BCUT2D eigenvalue weighted by Gasteiger charge is -2.05. The first-order chi connectivity index (χ1) is 11.2. The number of nitrogens with one attached hydrogen (secondary N) is 1. The standard InChI is InChI=1S/C19H17N3O/c1-11-6-17-18(7-12(11)2)22-19(10-21-17)15-9-20-16-5-4-13(23-3)8-14(15)16/h4-10,20H,1-3H3. The van der Waals surface area contributed by atoms with Crippen LogP contribution >= 0.6 is 0 Å². The van der Waals surface area contributed by atoms with Crippen molar-refractivity contribution >= 4 is 21.9 Å². The second kappa shape index (κ2) is 5.09. The molecular formula is C19H17N3O. The minimum atomic E-state index is 0.832. The molecule has 0 fully saturated rings. The Morgan fingerprint density at radius 3 is 2.57 bits per heavy atom. The van der Waals surface area contributed by atoms with E-state index in [-0.39, 0.29) is 0 Å². The molecule has 0 saturated heterocycles. The molecule has 4 nitrogen and oxygen atoms in total. The highest BCUT2D eigenvalue weighted by molar-refractivity contribution is 5.96. The van der Waals surface area contributed by atoms with Crippen LogP contribution in [0, 0.1) is 13.8 Å². The molecule has 0 aliphatic heterocycles. The Morgan fingerprint density at radius 2 is 1.78 bits per heavy atom. The predicted molar refractivity (Wildman–Crippen MR) is 92.9 cm³/mol. The molecule has 23 heavy (non-hydrogen) atoms. The van der Waals surface area contributed by atoms with Crippen LogP contribution in [0.5, 0.6) is 5.75 Å². The van der Waals surface area contributed by atoms with Gasteiger partial charge in [0.25, 0.3) is 0 Å². The number of aryl methyl sites for hydroxylation is 2. The Hall–Kier alpha value is -2.88. The van der Waals surface area contributed by atoms with Gasteiger partial charge < -0.3 is 9.72 Å². The third-order valence-electron chi connectivity index (χ3n) is 4.32. The molecule has 2 aromatic heterocycles. The summed E-state index contributed by atoms with van der Waals surface area (Å²) >= 11 is 0. The molecular weight excluding hydrogens is 286 g/mol. The van der Waals surface area contributed by atoms with Gasteiger partial charge in [-0.3, -0.25) is 4.98 Å². The van der Waals surface area contributed by atoms with Gasteiger partial charge >= 0.3 is 0 Å². The van der Waals surface area contributed by atoms with E-state index in [1.165, 1.54) is 11.1 Å². The average Bonchev–Trinajstić information content (AvgIpc) is 2.98. The summed E-state index contributed by atoms with van der Waals surface area (Å²) in [5.41, 5.74) is 7.26. The number of aromatic nitrogens is 3. The van der Waals surface area contributed by atoms with Crippen LogP contribution < -0.4 is 4.74 Å². The van der Waals surface area contributed by atoms with Crippen molar-refractivity contribution in [1.82, 2.24) is 15.0 Å². The van der Waals surface area contributed by atoms with Crippen molar-refractivity contribution in [1.29, 1.82) is 0 Å². The number of nitrogens with zero attached hydrogens (tertiary/aromatic N) is 2. The van der Waals surface area contributed by atoms with E-state index in [0.717, 1.165) is 38.9 Å². The maximum absolute atomic E-state index is 5.33. The summed E-state index contributed by atoms with van der Waals surface area (Å²) < 4.78 is 5.33. The van der Waals surface area contributed by atoms with E-state index in [2.05, 4.69) is 35.9 Å². The van der Waals surface area contributed by atoms with Gasteiger partial charge in [0.1, 0.15) is 5.75 Å². The quantitative estimate of drug-likeness (QED) is 0.597. The number of methoxy groups -OCH3 is 1. The Morgan fingerprint density at radius 1 is 1.00 bits per heavy atom. The first kappa shape index (κ1) is 13.8. The van der Waals surface area contributed by atoms with Crippen molar-refractivity contribution in [2.75, 3.05) is 7.11 Å². The summed E-state index contributed by atoms with van der Waals surface area (Å²) in [6.45, 7) is 4.19. The normalized spacial score (nSPS) is 11.3. The van der Waals surface area contributed by atoms with Crippen molar-refractivity contribution in [3.8, 4) is 17.0 Å². The lowest BCUT2D eigenvalue weighted by Crippen LogP contribution is -1.91. The van der Waals surface area contributed by atoms with Gasteiger partial charge in [-0.25, -0.2) is 4.98 Å². The molecule has 0 bridgehead atoms. The molecule has 114 valence electrons. The zero-order chi connectivity index (χ0) is 16.0. The Labute approximate surface area is 134 Å². The summed E-state index contributed by atoms with van der Waals surface area (Å²) in [5.74, 6) is 0.832. The van der Waals surface area contributed by atoms with Gasteiger partial charge in [0.2, 0.25) is 0 Å². The van der Waals surface area contributed by atoms with E-state index in [0.29, 0.717) is 0 Å². The van der Waals surface area contributed by atoms with E-state index < -0.39 is 0 Å². The number of H-pyrrole nitrogens is 1. The van der Waals surface area contributed by atoms with Crippen molar-refractivity contribution in [3.05, 3.63) is 53.9 Å². The molecule has 0 atom stereocenters. The topological polar surface area (TPSA) is 50.8 Å². The van der Waals surface area contributed by atoms with Gasteiger partial charge in [-0.1, -0.05) is 0 Å². The fourth-order valence-corrected chi connectivity index (χ4v) is 2.84. The van der Waals surface area contributed by atoms with Crippen molar-refractivity contribution in [3.63, 3.8) is 0 Å². The highest BCUT2D eigenvalue weighted by Gasteiger charge is 2.10. The van der Waals surface area contributed by atoms with Crippen molar-refractivity contribution in [2.45, 2.75) is 13.8 Å². The molecule has 4 aromatic rings. The number of aromatic amines is 1. The third kappa shape index (κ3) is 2.23. The van der Waals surface area contributed by atoms with Gasteiger partial charge in [-0.05, 0) is 55.3 Å². The second-order valence-corrected chi connectivity index (χ2v) is 5.79. The molecule has 0 spiro atoms. The van der Waals surface area contributed by atoms with E-state index in [1.807, 2.05) is 30.6 Å². The largest absolute Gasteiger partial charge is 0.497 e. The molecule has 0 amide bonds. The minimum Gasteiger partial charge on any atom is -0.497 e.